The minimum Gasteiger partial charge on any atom is -0.491 e. The molecular weight excluding hydrogens is 406 g/mol. The van der Waals surface area contributed by atoms with Crippen LogP contribution in [-0.4, -0.2) is 27.0 Å². The summed E-state index contributed by atoms with van der Waals surface area (Å²) in [5, 5.41) is 11.2. The van der Waals surface area contributed by atoms with Crippen molar-refractivity contribution in [2.24, 2.45) is 0 Å². The molecule has 0 bridgehead atoms. The summed E-state index contributed by atoms with van der Waals surface area (Å²) in [6.45, 7) is 0.512. The van der Waals surface area contributed by atoms with Crippen molar-refractivity contribution in [3.63, 3.8) is 0 Å². The molecule has 0 radical (unpaired) electrons. The highest BCUT2D eigenvalue weighted by molar-refractivity contribution is 7.19. The molecule has 5 nitrogen and oxygen atoms in total. The number of pyridine rings is 1. The lowest BCUT2D eigenvalue weighted by atomic mass is 10.1. The van der Waals surface area contributed by atoms with Crippen LogP contribution in [0.3, 0.4) is 0 Å². The highest BCUT2D eigenvalue weighted by Crippen LogP contribution is 2.44. The molecule has 0 atom stereocenters. The number of fused-ring (bicyclic) bond motifs is 3. The number of hydrogen-bond acceptors (Lipinski definition) is 5. The molecule has 1 aliphatic rings. The Morgan fingerprint density at radius 1 is 1.04 bits per heavy atom. The van der Waals surface area contributed by atoms with Crippen LogP contribution in [0.4, 0.5) is 8.78 Å². The number of hydrogen-bond donors (Lipinski definition) is 1. The Morgan fingerprint density at radius 3 is 2.75 bits per heavy atom. The molecule has 1 aliphatic heterocycles. The minimum atomic E-state index is -0.694. The summed E-state index contributed by atoms with van der Waals surface area (Å²) in [7, 11) is 0. The van der Waals surface area contributed by atoms with Gasteiger partial charge >= 0.3 is 0 Å². The SMILES string of the molecule is Fc1ccc(-c2n[nH]nc2-c2cc3c(s2)-c2nc(Cl)ccc2OCC3)c(F)c1. The van der Waals surface area contributed by atoms with E-state index in [0.29, 0.717) is 41.0 Å². The van der Waals surface area contributed by atoms with E-state index in [0.717, 1.165) is 21.4 Å². The Labute approximate surface area is 167 Å². The number of ether oxygens (including phenoxy) is 1. The first-order valence-corrected chi connectivity index (χ1v) is 9.58. The van der Waals surface area contributed by atoms with E-state index >= 15 is 0 Å². The molecule has 1 N–H and O–H groups in total. The maximum atomic E-state index is 14.3. The number of benzene rings is 1. The van der Waals surface area contributed by atoms with Gasteiger partial charge in [-0.1, -0.05) is 11.6 Å². The van der Waals surface area contributed by atoms with Crippen LogP contribution in [0.1, 0.15) is 5.56 Å². The number of nitrogens with zero attached hydrogens (tertiary/aromatic N) is 3. The average molecular weight is 417 g/mol. The van der Waals surface area contributed by atoms with E-state index in [9.17, 15) is 8.78 Å². The summed E-state index contributed by atoms with van der Waals surface area (Å²) in [5.74, 6) is -0.671. The zero-order valence-electron chi connectivity index (χ0n) is 14.2. The number of halogens is 3. The van der Waals surface area contributed by atoms with E-state index in [2.05, 4.69) is 20.4 Å². The van der Waals surface area contributed by atoms with Gasteiger partial charge < -0.3 is 4.74 Å². The minimum absolute atomic E-state index is 0.179. The first-order chi connectivity index (χ1) is 13.6. The molecule has 140 valence electrons. The number of H-pyrrole nitrogens is 1. The molecule has 4 aromatic rings. The zero-order chi connectivity index (χ0) is 19.3. The van der Waals surface area contributed by atoms with Gasteiger partial charge in [0.25, 0.3) is 0 Å². The van der Waals surface area contributed by atoms with Crippen molar-refractivity contribution in [1.29, 1.82) is 0 Å². The number of rotatable bonds is 2. The monoisotopic (exact) mass is 416 g/mol. The summed E-state index contributed by atoms with van der Waals surface area (Å²) in [5.41, 5.74) is 2.72. The Balaban J connectivity index is 1.65. The van der Waals surface area contributed by atoms with E-state index in [1.165, 1.54) is 23.5 Å². The van der Waals surface area contributed by atoms with Gasteiger partial charge in [-0.15, -0.1) is 11.3 Å². The molecule has 0 saturated carbocycles. The summed E-state index contributed by atoms with van der Waals surface area (Å²) in [6, 6.07) is 8.84. The molecule has 0 saturated heterocycles. The lowest BCUT2D eigenvalue weighted by Gasteiger charge is -2.06. The highest BCUT2D eigenvalue weighted by atomic mass is 35.5. The van der Waals surface area contributed by atoms with Gasteiger partial charge in [0, 0.05) is 18.1 Å². The van der Waals surface area contributed by atoms with Crippen LogP contribution >= 0.6 is 22.9 Å². The smallest absolute Gasteiger partial charge is 0.146 e. The first kappa shape index (κ1) is 17.3. The van der Waals surface area contributed by atoms with E-state index in [1.807, 2.05) is 6.07 Å². The van der Waals surface area contributed by atoms with Crippen molar-refractivity contribution in [2.45, 2.75) is 6.42 Å². The molecular formula is C19H11ClF2N4OS. The van der Waals surface area contributed by atoms with Crippen LogP contribution in [0.25, 0.3) is 32.4 Å². The van der Waals surface area contributed by atoms with E-state index in [4.69, 9.17) is 16.3 Å². The standard InChI is InChI=1S/C19H11ClF2N4OS/c20-15-4-3-13-17(23-15)19-9(5-6-27-13)7-14(28-19)18-16(24-26-25-18)11-2-1-10(21)8-12(11)22/h1-4,7-8H,5-6H2,(H,24,25,26). The molecule has 28 heavy (non-hydrogen) atoms. The van der Waals surface area contributed by atoms with Crippen molar-refractivity contribution in [3.05, 3.63) is 58.7 Å². The number of aromatic amines is 1. The van der Waals surface area contributed by atoms with Gasteiger partial charge in [0.1, 0.15) is 39.6 Å². The van der Waals surface area contributed by atoms with Crippen molar-refractivity contribution in [2.75, 3.05) is 6.61 Å². The van der Waals surface area contributed by atoms with Crippen molar-refractivity contribution < 1.29 is 13.5 Å². The van der Waals surface area contributed by atoms with Crippen LogP contribution in [0.5, 0.6) is 5.75 Å². The van der Waals surface area contributed by atoms with Gasteiger partial charge in [0.05, 0.1) is 16.4 Å². The Morgan fingerprint density at radius 2 is 1.89 bits per heavy atom. The molecule has 0 spiro atoms. The first-order valence-electron chi connectivity index (χ1n) is 8.39. The molecule has 9 heteroatoms. The topological polar surface area (TPSA) is 63.7 Å². The Bertz CT molecular complexity index is 1210. The second-order valence-corrected chi connectivity index (χ2v) is 7.63. The summed E-state index contributed by atoms with van der Waals surface area (Å²) in [4.78, 5) is 6.15. The lowest BCUT2D eigenvalue weighted by Crippen LogP contribution is -1.98. The van der Waals surface area contributed by atoms with Crippen LogP contribution in [0, 0.1) is 11.6 Å². The van der Waals surface area contributed by atoms with E-state index < -0.39 is 11.6 Å². The second kappa shape index (κ2) is 6.65. The van der Waals surface area contributed by atoms with Gasteiger partial charge in [-0.2, -0.15) is 15.4 Å². The zero-order valence-corrected chi connectivity index (χ0v) is 15.7. The predicted octanol–water partition coefficient (Wildman–Crippen LogP) is 5.13. The number of aromatic nitrogens is 4. The molecule has 5 rings (SSSR count). The molecule has 1 aromatic carbocycles. The summed E-state index contributed by atoms with van der Waals surface area (Å²) < 4.78 is 33.3. The molecule has 0 amide bonds. The van der Waals surface area contributed by atoms with Gasteiger partial charge in [-0.05, 0) is 35.9 Å². The Hall–Kier alpha value is -2.84. The third-order valence-corrected chi connectivity index (χ3v) is 5.85. The highest BCUT2D eigenvalue weighted by Gasteiger charge is 2.24. The van der Waals surface area contributed by atoms with Crippen LogP contribution < -0.4 is 4.74 Å². The van der Waals surface area contributed by atoms with Gasteiger partial charge in [0.15, 0.2) is 0 Å². The maximum Gasteiger partial charge on any atom is 0.146 e. The molecule has 0 unspecified atom stereocenters. The van der Waals surface area contributed by atoms with Gasteiger partial charge in [-0.3, -0.25) is 0 Å². The van der Waals surface area contributed by atoms with Crippen LogP contribution in [0.15, 0.2) is 36.4 Å². The fourth-order valence-electron chi connectivity index (χ4n) is 3.18. The molecule has 0 fully saturated rings. The third kappa shape index (κ3) is 2.85. The fourth-order valence-corrected chi connectivity index (χ4v) is 4.52. The predicted molar refractivity (Wildman–Crippen MR) is 102 cm³/mol. The number of nitrogens with one attached hydrogen (secondary N) is 1. The lowest BCUT2D eigenvalue weighted by molar-refractivity contribution is 0.325. The van der Waals surface area contributed by atoms with Crippen LogP contribution in [-0.2, 0) is 6.42 Å². The van der Waals surface area contributed by atoms with Crippen molar-refractivity contribution >= 4 is 22.9 Å². The quantitative estimate of drug-likeness (QED) is 0.460. The third-order valence-electron chi connectivity index (χ3n) is 4.44. The van der Waals surface area contributed by atoms with Crippen molar-refractivity contribution in [1.82, 2.24) is 20.4 Å². The Kier molecular flexibility index (Phi) is 4.10. The molecule has 3 aromatic heterocycles. The average Bonchev–Trinajstić information content (AvgIpc) is 3.27. The van der Waals surface area contributed by atoms with Crippen molar-refractivity contribution in [3.8, 4) is 38.1 Å². The second-order valence-electron chi connectivity index (χ2n) is 6.19. The van der Waals surface area contributed by atoms with Gasteiger partial charge in [-0.25, -0.2) is 13.8 Å². The van der Waals surface area contributed by atoms with Gasteiger partial charge in [0.2, 0.25) is 0 Å². The fraction of sp³-hybridized carbons (Fsp3) is 0.105. The summed E-state index contributed by atoms with van der Waals surface area (Å²) in [6.07, 6.45) is 0.692. The molecule has 0 aliphatic carbocycles. The summed E-state index contributed by atoms with van der Waals surface area (Å²) >= 11 is 7.53. The van der Waals surface area contributed by atoms with E-state index in [-0.39, 0.29) is 5.56 Å². The molecule has 4 heterocycles. The van der Waals surface area contributed by atoms with E-state index in [1.54, 1.807) is 12.1 Å². The normalized spacial score (nSPS) is 12.8. The largest absolute Gasteiger partial charge is 0.491 e. The number of thiophene rings is 1. The maximum absolute atomic E-state index is 14.3. The van der Waals surface area contributed by atoms with Crippen LogP contribution in [0.2, 0.25) is 5.15 Å².